The van der Waals surface area contributed by atoms with E-state index in [2.05, 4.69) is 10.3 Å². The molecule has 1 heterocycles. The first-order chi connectivity index (χ1) is 11.8. The summed E-state index contributed by atoms with van der Waals surface area (Å²) < 4.78 is 2.01. The van der Waals surface area contributed by atoms with Crippen molar-refractivity contribution in [1.29, 1.82) is 0 Å². The van der Waals surface area contributed by atoms with Crippen molar-refractivity contribution >= 4 is 11.6 Å². The van der Waals surface area contributed by atoms with Gasteiger partial charge in [-0.05, 0) is 29.7 Å². The lowest BCUT2D eigenvalue weighted by atomic mass is 9.95. The van der Waals surface area contributed by atoms with Gasteiger partial charge in [0, 0.05) is 24.6 Å². The average molecular weight is 319 g/mol. The first kappa shape index (κ1) is 16.0. The summed E-state index contributed by atoms with van der Waals surface area (Å²) in [5.41, 5.74) is 3.04. The highest BCUT2D eigenvalue weighted by molar-refractivity contribution is 5.95. The van der Waals surface area contributed by atoms with Gasteiger partial charge < -0.3 is 9.88 Å². The van der Waals surface area contributed by atoms with Crippen molar-refractivity contribution < 1.29 is 4.79 Å². The van der Waals surface area contributed by atoms with E-state index < -0.39 is 0 Å². The number of anilines is 1. The van der Waals surface area contributed by atoms with Gasteiger partial charge in [-0.15, -0.1) is 0 Å². The van der Waals surface area contributed by atoms with Crippen LogP contribution in [0.25, 0.3) is 0 Å². The van der Waals surface area contributed by atoms with E-state index in [9.17, 15) is 4.79 Å². The maximum absolute atomic E-state index is 12.6. The van der Waals surface area contributed by atoms with Gasteiger partial charge in [0.2, 0.25) is 5.91 Å². The first-order valence-electron chi connectivity index (χ1n) is 8.16. The predicted octanol–water partition coefficient (Wildman–Crippen LogP) is 4.06. The molecule has 1 N–H and O–H groups in total. The number of nitrogens with one attached hydrogen (secondary N) is 1. The summed E-state index contributed by atoms with van der Waals surface area (Å²) >= 11 is 0. The molecule has 0 spiro atoms. The summed E-state index contributed by atoms with van der Waals surface area (Å²) in [6, 6.07) is 17.9. The smallest absolute Gasteiger partial charge is 0.231 e. The minimum atomic E-state index is -0.128. The van der Waals surface area contributed by atoms with Gasteiger partial charge in [0.05, 0.1) is 12.2 Å². The van der Waals surface area contributed by atoms with Gasteiger partial charge >= 0.3 is 0 Å². The molecular weight excluding hydrogens is 298 g/mol. The Kier molecular flexibility index (Phi) is 5.06. The molecule has 0 bridgehead atoms. The molecule has 122 valence electrons. The Morgan fingerprint density at radius 1 is 1.12 bits per heavy atom. The van der Waals surface area contributed by atoms with Gasteiger partial charge in [-0.2, -0.15) is 0 Å². The lowest BCUT2D eigenvalue weighted by Gasteiger charge is -2.15. The highest BCUT2D eigenvalue weighted by Gasteiger charge is 2.18. The van der Waals surface area contributed by atoms with E-state index in [-0.39, 0.29) is 11.8 Å². The zero-order chi connectivity index (χ0) is 16.8. The Morgan fingerprint density at radius 3 is 2.50 bits per heavy atom. The summed E-state index contributed by atoms with van der Waals surface area (Å²) in [7, 11) is 0. The molecule has 0 saturated carbocycles. The molecule has 1 amide bonds. The monoisotopic (exact) mass is 319 g/mol. The van der Waals surface area contributed by atoms with E-state index in [4.69, 9.17) is 0 Å². The number of imidazole rings is 1. The number of benzene rings is 2. The molecule has 0 fully saturated rings. The predicted molar refractivity (Wildman–Crippen MR) is 95.9 cm³/mol. The highest BCUT2D eigenvalue weighted by Crippen LogP contribution is 2.21. The maximum atomic E-state index is 12.6. The van der Waals surface area contributed by atoms with Gasteiger partial charge in [-0.1, -0.05) is 49.4 Å². The van der Waals surface area contributed by atoms with Gasteiger partial charge in [-0.3, -0.25) is 4.79 Å². The fourth-order valence-corrected chi connectivity index (χ4v) is 2.77. The minimum absolute atomic E-state index is 0.0334. The molecule has 24 heavy (non-hydrogen) atoms. The molecular formula is C20H21N3O. The van der Waals surface area contributed by atoms with Crippen LogP contribution in [0.5, 0.6) is 0 Å². The van der Waals surface area contributed by atoms with Crippen LogP contribution in [0.4, 0.5) is 5.69 Å². The Balaban J connectivity index is 1.65. The van der Waals surface area contributed by atoms with Crippen molar-refractivity contribution in [3.63, 3.8) is 0 Å². The second kappa shape index (κ2) is 7.59. The van der Waals surface area contributed by atoms with Gasteiger partial charge in [0.1, 0.15) is 0 Å². The number of carbonyl (C=O) groups is 1. The van der Waals surface area contributed by atoms with Crippen LogP contribution in [0.3, 0.4) is 0 Å². The van der Waals surface area contributed by atoms with E-state index in [1.54, 1.807) is 12.5 Å². The first-order valence-corrected chi connectivity index (χ1v) is 8.16. The van der Waals surface area contributed by atoms with Crippen LogP contribution in [0.15, 0.2) is 73.3 Å². The van der Waals surface area contributed by atoms with Crippen molar-refractivity contribution in [3.8, 4) is 0 Å². The molecule has 0 aliphatic carbocycles. The Morgan fingerprint density at radius 2 is 1.88 bits per heavy atom. The molecule has 1 atom stereocenters. The van der Waals surface area contributed by atoms with E-state index in [0.29, 0.717) is 0 Å². The number of nitrogens with zero attached hydrogens (tertiary/aromatic N) is 2. The second-order valence-electron chi connectivity index (χ2n) is 5.79. The van der Waals surface area contributed by atoms with Crippen molar-refractivity contribution in [1.82, 2.24) is 9.55 Å². The number of aromatic nitrogens is 2. The molecule has 0 saturated heterocycles. The third kappa shape index (κ3) is 3.90. The number of amides is 1. The molecule has 4 nitrogen and oxygen atoms in total. The Labute approximate surface area is 142 Å². The topological polar surface area (TPSA) is 46.9 Å². The summed E-state index contributed by atoms with van der Waals surface area (Å²) in [6.07, 6.45) is 6.26. The van der Waals surface area contributed by atoms with Crippen molar-refractivity contribution in [2.24, 2.45) is 0 Å². The quantitative estimate of drug-likeness (QED) is 0.744. The lowest BCUT2D eigenvalue weighted by Crippen LogP contribution is -2.20. The molecule has 3 aromatic rings. The zero-order valence-corrected chi connectivity index (χ0v) is 13.7. The molecule has 0 unspecified atom stereocenters. The largest absolute Gasteiger partial charge is 0.333 e. The van der Waals surface area contributed by atoms with Crippen LogP contribution in [0, 0.1) is 0 Å². The van der Waals surface area contributed by atoms with Crippen molar-refractivity contribution in [3.05, 3.63) is 84.4 Å². The molecule has 1 aromatic heterocycles. The van der Waals surface area contributed by atoms with Crippen LogP contribution in [0.1, 0.15) is 30.4 Å². The second-order valence-corrected chi connectivity index (χ2v) is 5.79. The normalized spacial score (nSPS) is 11.9. The summed E-state index contributed by atoms with van der Waals surface area (Å²) in [6.45, 7) is 2.81. The third-order valence-corrected chi connectivity index (χ3v) is 4.07. The SMILES string of the molecule is CC[C@H](C(=O)Nc1ccc(Cn2ccnc2)cc1)c1ccccc1. The fourth-order valence-electron chi connectivity index (χ4n) is 2.77. The lowest BCUT2D eigenvalue weighted by molar-refractivity contribution is -0.117. The number of rotatable bonds is 6. The van der Waals surface area contributed by atoms with Crippen LogP contribution >= 0.6 is 0 Å². The van der Waals surface area contributed by atoms with Crippen molar-refractivity contribution in [2.75, 3.05) is 5.32 Å². The Bertz CT molecular complexity index is 764. The van der Waals surface area contributed by atoms with Crippen LogP contribution in [0.2, 0.25) is 0 Å². The maximum Gasteiger partial charge on any atom is 0.231 e. The standard InChI is InChI=1S/C20H21N3O/c1-2-19(17-6-4-3-5-7-17)20(24)22-18-10-8-16(9-11-18)14-23-13-12-21-15-23/h3-13,15,19H,2,14H2,1H3,(H,22,24)/t19-/m0/s1. The van der Waals surface area contributed by atoms with Crippen LogP contribution in [-0.2, 0) is 11.3 Å². The molecule has 0 aliphatic rings. The van der Waals surface area contributed by atoms with Gasteiger partial charge in [0.15, 0.2) is 0 Å². The van der Waals surface area contributed by atoms with Crippen LogP contribution in [-0.4, -0.2) is 15.5 Å². The number of carbonyl (C=O) groups excluding carboxylic acids is 1. The van der Waals surface area contributed by atoms with E-state index >= 15 is 0 Å². The van der Waals surface area contributed by atoms with E-state index in [1.807, 2.05) is 72.3 Å². The third-order valence-electron chi connectivity index (χ3n) is 4.07. The van der Waals surface area contributed by atoms with E-state index in [1.165, 1.54) is 5.56 Å². The highest BCUT2D eigenvalue weighted by atomic mass is 16.1. The van der Waals surface area contributed by atoms with Crippen molar-refractivity contribution in [2.45, 2.75) is 25.8 Å². The molecule has 0 radical (unpaired) electrons. The van der Waals surface area contributed by atoms with E-state index in [0.717, 1.165) is 24.2 Å². The molecule has 3 rings (SSSR count). The minimum Gasteiger partial charge on any atom is -0.333 e. The van der Waals surface area contributed by atoms with Crippen LogP contribution < -0.4 is 5.32 Å². The van der Waals surface area contributed by atoms with Gasteiger partial charge in [0.25, 0.3) is 0 Å². The summed E-state index contributed by atoms with van der Waals surface area (Å²) in [5, 5.41) is 3.02. The van der Waals surface area contributed by atoms with Gasteiger partial charge in [-0.25, -0.2) is 4.98 Å². The summed E-state index contributed by atoms with van der Waals surface area (Å²) in [4.78, 5) is 16.6. The number of hydrogen-bond donors (Lipinski definition) is 1. The fraction of sp³-hybridized carbons (Fsp3) is 0.200. The summed E-state index contributed by atoms with van der Waals surface area (Å²) in [5.74, 6) is -0.0946. The zero-order valence-electron chi connectivity index (χ0n) is 13.7. The molecule has 4 heteroatoms. The number of hydrogen-bond acceptors (Lipinski definition) is 2. The molecule has 2 aromatic carbocycles. The average Bonchev–Trinajstić information content (AvgIpc) is 3.11. The molecule has 0 aliphatic heterocycles. The Hall–Kier alpha value is -2.88.